The molecule has 0 fully saturated rings. The van der Waals surface area contributed by atoms with Crippen LogP contribution < -0.4 is 11.1 Å². The van der Waals surface area contributed by atoms with E-state index in [0.29, 0.717) is 12.2 Å². The maximum atomic E-state index is 12.9. The van der Waals surface area contributed by atoms with Gasteiger partial charge in [0.05, 0.1) is 5.56 Å². The van der Waals surface area contributed by atoms with E-state index in [1.807, 2.05) is 6.26 Å². The number of thioether (sulfide) groups is 1. The molecular weight excluding hydrogens is 305 g/mol. The zero-order valence-corrected chi connectivity index (χ0v) is 12.7. The van der Waals surface area contributed by atoms with Crippen LogP contribution in [0.4, 0.5) is 18.9 Å². The summed E-state index contributed by atoms with van der Waals surface area (Å²) in [5.74, 6) is 1.05. The third-order valence-electron chi connectivity index (χ3n) is 2.69. The lowest BCUT2D eigenvalue weighted by Crippen LogP contribution is -2.18. The summed E-state index contributed by atoms with van der Waals surface area (Å²) in [6, 6.07) is 3.94. The molecule has 0 aliphatic rings. The van der Waals surface area contributed by atoms with Gasteiger partial charge in [-0.3, -0.25) is 0 Å². The van der Waals surface area contributed by atoms with Crippen molar-refractivity contribution in [3.63, 3.8) is 0 Å². The minimum Gasteiger partial charge on any atom is -0.389 e. The van der Waals surface area contributed by atoms with Crippen LogP contribution in [-0.2, 0) is 6.18 Å². The van der Waals surface area contributed by atoms with E-state index in [9.17, 15) is 13.2 Å². The fourth-order valence-corrected chi connectivity index (χ4v) is 2.38. The van der Waals surface area contributed by atoms with E-state index in [1.54, 1.807) is 17.8 Å². The highest BCUT2D eigenvalue weighted by Crippen LogP contribution is 2.33. The third kappa shape index (κ3) is 5.20. The monoisotopic (exact) mass is 322 g/mol. The van der Waals surface area contributed by atoms with Crippen LogP contribution in [0.15, 0.2) is 18.2 Å². The van der Waals surface area contributed by atoms with Crippen LogP contribution >= 0.6 is 24.0 Å². The van der Waals surface area contributed by atoms with Gasteiger partial charge in [0.15, 0.2) is 0 Å². The number of nitrogens with one attached hydrogen (secondary N) is 1. The van der Waals surface area contributed by atoms with Gasteiger partial charge in [0, 0.05) is 17.8 Å². The quantitative estimate of drug-likeness (QED) is 0.590. The number of thiocarbonyl (C=S) groups is 1. The van der Waals surface area contributed by atoms with Gasteiger partial charge in [0.1, 0.15) is 4.99 Å². The molecule has 0 spiro atoms. The predicted molar refractivity (Wildman–Crippen MR) is 83.4 cm³/mol. The van der Waals surface area contributed by atoms with Gasteiger partial charge in [-0.25, -0.2) is 0 Å². The molecule has 3 N–H and O–H groups in total. The van der Waals surface area contributed by atoms with Gasteiger partial charge in [-0.05, 0) is 43.0 Å². The normalized spacial score (nSPS) is 11.4. The zero-order valence-electron chi connectivity index (χ0n) is 11.1. The number of halogens is 3. The molecule has 0 amide bonds. The number of hydrogen-bond donors (Lipinski definition) is 2. The number of alkyl halides is 3. The second kappa shape index (κ2) is 7.73. The molecule has 0 radical (unpaired) electrons. The van der Waals surface area contributed by atoms with Crippen molar-refractivity contribution in [1.29, 1.82) is 0 Å². The summed E-state index contributed by atoms with van der Waals surface area (Å²) in [5, 5.41) is 2.99. The SMILES string of the molecule is CSCCCCNc1ccc(C(N)=S)c(C(F)(F)F)c1. The van der Waals surface area contributed by atoms with E-state index in [2.05, 4.69) is 17.5 Å². The van der Waals surface area contributed by atoms with E-state index in [0.717, 1.165) is 24.7 Å². The van der Waals surface area contributed by atoms with Gasteiger partial charge in [0.25, 0.3) is 0 Å². The minimum absolute atomic E-state index is 0.138. The molecule has 0 atom stereocenters. The third-order valence-corrected chi connectivity index (χ3v) is 3.61. The second-order valence-electron chi connectivity index (χ2n) is 4.25. The summed E-state index contributed by atoms with van der Waals surface area (Å²) in [6.45, 7) is 0.643. The van der Waals surface area contributed by atoms with Crippen molar-refractivity contribution in [3.8, 4) is 0 Å². The highest BCUT2D eigenvalue weighted by atomic mass is 32.2. The number of nitrogens with two attached hydrogens (primary N) is 1. The van der Waals surface area contributed by atoms with Gasteiger partial charge in [-0.15, -0.1) is 0 Å². The summed E-state index contributed by atoms with van der Waals surface area (Å²) >= 11 is 6.41. The summed E-state index contributed by atoms with van der Waals surface area (Å²) < 4.78 is 38.8. The summed E-state index contributed by atoms with van der Waals surface area (Å²) in [6.07, 6.45) is -0.489. The van der Waals surface area contributed by atoms with Crippen molar-refractivity contribution in [2.24, 2.45) is 5.73 Å². The Hall–Kier alpha value is -0.950. The smallest absolute Gasteiger partial charge is 0.389 e. The zero-order chi connectivity index (χ0) is 15.2. The fourth-order valence-electron chi connectivity index (χ4n) is 1.71. The molecule has 0 aliphatic heterocycles. The first kappa shape index (κ1) is 17.1. The van der Waals surface area contributed by atoms with Gasteiger partial charge in [0.2, 0.25) is 0 Å². The first-order valence-electron chi connectivity index (χ1n) is 6.10. The highest BCUT2D eigenvalue weighted by molar-refractivity contribution is 7.98. The first-order chi connectivity index (χ1) is 9.36. The maximum absolute atomic E-state index is 12.9. The van der Waals surface area contributed by atoms with Gasteiger partial charge < -0.3 is 11.1 Å². The van der Waals surface area contributed by atoms with Crippen molar-refractivity contribution in [1.82, 2.24) is 0 Å². The number of hydrogen-bond acceptors (Lipinski definition) is 3. The Kier molecular flexibility index (Phi) is 6.61. The van der Waals surface area contributed by atoms with Crippen molar-refractivity contribution in [2.75, 3.05) is 23.9 Å². The van der Waals surface area contributed by atoms with E-state index in [1.165, 1.54) is 6.07 Å². The lowest BCUT2D eigenvalue weighted by Gasteiger charge is -2.14. The standard InChI is InChI=1S/C13H17F3N2S2/c1-20-7-3-2-6-18-9-4-5-10(12(17)19)11(8-9)13(14,15)16/h4-5,8,18H,2-3,6-7H2,1H3,(H2,17,19). The molecule has 2 nitrogen and oxygen atoms in total. The average molecular weight is 322 g/mol. The molecule has 1 aromatic carbocycles. The summed E-state index contributed by atoms with van der Waals surface area (Å²) in [5.41, 5.74) is 4.83. The molecule has 7 heteroatoms. The van der Waals surface area contributed by atoms with Crippen molar-refractivity contribution < 1.29 is 13.2 Å². The fraction of sp³-hybridized carbons (Fsp3) is 0.462. The molecule has 0 aliphatic carbocycles. The average Bonchev–Trinajstić information content (AvgIpc) is 2.37. The Morgan fingerprint density at radius 1 is 1.35 bits per heavy atom. The molecule has 0 bridgehead atoms. The molecule has 0 aromatic heterocycles. The van der Waals surface area contributed by atoms with Crippen LogP contribution in [0.25, 0.3) is 0 Å². The van der Waals surface area contributed by atoms with Crippen LogP contribution in [0.1, 0.15) is 24.0 Å². The lowest BCUT2D eigenvalue weighted by molar-refractivity contribution is -0.137. The van der Waals surface area contributed by atoms with E-state index < -0.39 is 11.7 Å². The highest BCUT2D eigenvalue weighted by Gasteiger charge is 2.34. The first-order valence-corrected chi connectivity index (χ1v) is 7.90. The molecule has 1 aromatic rings. The Morgan fingerprint density at radius 3 is 2.60 bits per heavy atom. The molecule has 0 saturated heterocycles. The summed E-state index contributed by atoms with van der Waals surface area (Å²) in [7, 11) is 0. The number of anilines is 1. The maximum Gasteiger partial charge on any atom is 0.417 e. The number of unbranched alkanes of at least 4 members (excludes halogenated alkanes) is 1. The minimum atomic E-state index is -4.46. The van der Waals surface area contributed by atoms with Crippen LogP contribution in [0, 0.1) is 0 Å². The molecule has 0 saturated carbocycles. The Labute approximate surface area is 126 Å². The summed E-state index contributed by atoms with van der Waals surface area (Å²) in [4.78, 5) is -0.246. The van der Waals surface area contributed by atoms with Crippen molar-refractivity contribution in [2.45, 2.75) is 19.0 Å². The van der Waals surface area contributed by atoms with Crippen LogP contribution in [0.2, 0.25) is 0 Å². The van der Waals surface area contributed by atoms with E-state index in [4.69, 9.17) is 5.73 Å². The van der Waals surface area contributed by atoms with Crippen molar-refractivity contribution in [3.05, 3.63) is 29.3 Å². The second-order valence-corrected chi connectivity index (χ2v) is 5.67. The van der Waals surface area contributed by atoms with Crippen LogP contribution in [0.5, 0.6) is 0 Å². The molecule has 0 heterocycles. The molecule has 0 unspecified atom stereocenters. The van der Waals surface area contributed by atoms with Gasteiger partial charge in [-0.1, -0.05) is 12.2 Å². The Morgan fingerprint density at radius 2 is 2.05 bits per heavy atom. The lowest BCUT2D eigenvalue weighted by atomic mass is 10.1. The topological polar surface area (TPSA) is 38.0 Å². The molecule has 1 rings (SSSR count). The predicted octanol–water partition coefficient (Wildman–Crippen LogP) is 3.89. The van der Waals surface area contributed by atoms with E-state index in [-0.39, 0.29) is 10.6 Å². The van der Waals surface area contributed by atoms with Crippen LogP contribution in [0.3, 0.4) is 0 Å². The molecular formula is C13H17F3N2S2. The Balaban J connectivity index is 2.77. The van der Waals surface area contributed by atoms with Gasteiger partial charge >= 0.3 is 6.18 Å². The molecule has 112 valence electrons. The van der Waals surface area contributed by atoms with Crippen molar-refractivity contribution >= 4 is 34.7 Å². The number of benzene rings is 1. The van der Waals surface area contributed by atoms with E-state index >= 15 is 0 Å². The number of rotatable bonds is 7. The molecule has 20 heavy (non-hydrogen) atoms. The van der Waals surface area contributed by atoms with Crippen LogP contribution in [-0.4, -0.2) is 23.5 Å². The largest absolute Gasteiger partial charge is 0.417 e. The Bertz CT molecular complexity index is 461. The van der Waals surface area contributed by atoms with Gasteiger partial charge in [-0.2, -0.15) is 24.9 Å².